The largest absolute Gasteiger partial charge is 0.496 e. The van der Waals surface area contributed by atoms with Gasteiger partial charge in [0.05, 0.1) is 18.7 Å². The fraction of sp³-hybridized carbons (Fsp3) is 0.357. The van der Waals surface area contributed by atoms with Crippen molar-refractivity contribution in [3.05, 3.63) is 41.0 Å². The first-order valence-corrected chi connectivity index (χ1v) is 6.30. The summed E-state index contributed by atoms with van der Waals surface area (Å²) in [6, 6.07) is 7.49. The van der Waals surface area contributed by atoms with Gasteiger partial charge in [-0.05, 0) is 18.2 Å². The van der Waals surface area contributed by atoms with E-state index in [1.54, 1.807) is 26.2 Å². The molecule has 0 aliphatic rings. The second-order valence-corrected chi connectivity index (χ2v) is 4.29. The van der Waals surface area contributed by atoms with Crippen molar-refractivity contribution in [3.63, 3.8) is 0 Å². The Kier molecular flexibility index (Phi) is 4.69. The SMILES string of the molecule is COc1ccc(C#N)cc1CNCCc1noc(C)n1. The molecule has 20 heavy (non-hydrogen) atoms. The van der Waals surface area contributed by atoms with E-state index in [-0.39, 0.29) is 0 Å². The van der Waals surface area contributed by atoms with Crippen LogP contribution in [0, 0.1) is 18.3 Å². The number of aryl methyl sites for hydroxylation is 1. The topological polar surface area (TPSA) is 84.0 Å². The summed E-state index contributed by atoms with van der Waals surface area (Å²) in [5, 5.41) is 16.0. The highest BCUT2D eigenvalue weighted by atomic mass is 16.5. The van der Waals surface area contributed by atoms with Crippen LogP contribution in [0.15, 0.2) is 22.7 Å². The quantitative estimate of drug-likeness (QED) is 0.804. The van der Waals surface area contributed by atoms with Crippen LogP contribution in [0.2, 0.25) is 0 Å². The van der Waals surface area contributed by atoms with Gasteiger partial charge in [-0.2, -0.15) is 10.2 Å². The van der Waals surface area contributed by atoms with Crippen LogP contribution in [-0.4, -0.2) is 23.8 Å². The smallest absolute Gasteiger partial charge is 0.223 e. The first-order valence-electron chi connectivity index (χ1n) is 6.30. The number of ether oxygens (including phenoxy) is 1. The number of nitrogens with zero attached hydrogens (tertiary/aromatic N) is 3. The Labute approximate surface area is 117 Å². The summed E-state index contributed by atoms with van der Waals surface area (Å²) in [5.74, 6) is 2.03. The maximum Gasteiger partial charge on any atom is 0.223 e. The molecule has 1 aromatic carbocycles. The Hall–Kier alpha value is -2.39. The van der Waals surface area contributed by atoms with E-state index in [0.717, 1.165) is 17.9 Å². The van der Waals surface area contributed by atoms with Gasteiger partial charge >= 0.3 is 0 Å². The number of methoxy groups -OCH3 is 1. The highest BCUT2D eigenvalue weighted by Crippen LogP contribution is 2.19. The summed E-state index contributed by atoms with van der Waals surface area (Å²) in [7, 11) is 1.62. The van der Waals surface area contributed by atoms with Gasteiger partial charge in [-0.3, -0.25) is 0 Å². The van der Waals surface area contributed by atoms with Gasteiger partial charge in [-0.25, -0.2) is 0 Å². The molecule has 2 rings (SSSR count). The third-order valence-corrected chi connectivity index (χ3v) is 2.82. The summed E-state index contributed by atoms with van der Waals surface area (Å²) >= 11 is 0. The zero-order chi connectivity index (χ0) is 14.4. The molecule has 1 heterocycles. The molecule has 104 valence electrons. The monoisotopic (exact) mass is 272 g/mol. The highest BCUT2D eigenvalue weighted by molar-refractivity contribution is 5.41. The normalized spacial score (nSPS) is 10.2. The molecule has 0 radical (unpaired) electrons. The molecule has 6 nitrogen and oxygen atoms in total. The minimum Gasteiger partial charge on any atom is -0.496 e. The minimum absolute atomic E-state index is 0.573. The first-order chi connectivity index (χ1) is 9.72. The van der Waals surface area contributed by atoms with Gasteiger partial charge in [0.2, 0.25) is 5.89 Å². The summed E-state index contributed by atoms with van der Waals surface area (Å²) in [5.41, 5.74) is 1.58. The third-order valence-electron chi connectivity index (χ3n) is 2.82. The lowest BCUT2D eigenvalue weighted by molar-refractivity contribution is 0.386. The number of rotatable bonds is 6. The molecule has 0 amide bonds. The van der Waals surface area contributed by atoms with Gasteiger partial charge in [-0.1, -0.05) is 5.16 Å². The van der Waals surface area contributed by atoms with Gasteiger partial charge in [0.15, 0.2) is 5.82 Å². The van der Waals surface area contributed by atoms with Gasteiger partial charge in [0.25, 0.3) is 0 Å². The zero-order valence-corrected chi connectivity index (χ0v) is 11.5. The van der Waals surface area contributed by atoms with Crippen LogP contribution < -0.4 is 10.1 Å². The van der Waals surface area contributed by atoms with Crippen molar-refractivity contribution in [2.75, 3.05) is 13.7 Å². The van der Waals surface area contributed by atoms with Crippen molar-refractivity contribution in [2.24, 2.45) is 0 Å². The van der Waals surface area contributed by atoms with E-state index in [1.165, 1.54) is 0 Å². The average molecular weight is 272 g/mol. The fourth-order valence-electron chi connectivity index (χ4n) is 1.85. The lowest BCUT2D eigenvalue weighted by Crippen LogP contribution is -2.17. The van der Waals surface area contributed by atoms with Crippen LogP contribution in [0.5, 0.6) is 5.75 Å². The molecule has 0 atom stereocenters. The van der Waals surface area contributed by atoms with Crippen LogP contribution >= 0.6 is 0 Å². The van der Waals surface area contributed by atoms with Gasteiger partial charge in [-0.15, -0.1) is 0 Å². The van der Waals surface area contributed by atoms with Gasteiger partial charge in [0.1, 0.15) is 5.75 Å². The summed E-state index contributed by atoms with van der Waals surface area (Å²) < 4.78 is 10.2. The molecule has 0 aliphatic carbocycles. The Balaban J connectivity index is 1.88. The second-order valence-electron chi connectivity index (χ2n) is 4.29. The van der Waals surface area contributed by atoms with E-state index >= 15 is 0 Å². The van der Waals surface area contributed by atoms with Crippen LogP contribution in [-0.2, 0) is 13.0 Å². The summed E-state index contributed by atoms with van der Waals surface area (Å²) in [6.45, 7) is 3.11. The number of benzene rings is 1. The molecule has 0 fully saturated rings. The Morgan fingerprint density at radius 1 is 1.45 bits per heavy atom. The van der Waals surface area contributed by atoms with Crippen LogP contribution in [0.25, 0.3) is 0 Å². The van der Waals surface area contributed by atoms with Crippen molar-refractivity contribution < 1.29 is 9.26 Å². The fourth-order valence-corrected chi connectivity index (χ4v) is 1.85. The molecule has 0 saturated carbocycles. The molecule has 0 spiro atoms. The summed E-state index contributed by atoms with van der Waals surface area (Å²) in [4.78, 5) is 4.13. The van der Waals surface area contributed by atoms with E-state index in [0.29, 0.717) is 30.2 Å². The van der Waals surface area contributed by atoms with Crippen molar-refractivity contribution in [1.29, 1.82) is 5.26 Å². The van der Waals surface area contributed by atoms with Crippen molar-refractivity contribution >= 4 is 0 Å². The molecule has 1 aromatic heterocycles. The predicted molar refractivity (Wildman–Crippen MR) is 72.2 cm³/mol. The van der Waals surface area contributed by atoms with E-state index in [1.807, 2.05) is 6.07 Å². The van der Waals surface area contributed by atoms with E-state index in [9.17, 15) is 0 Å². The number of nitriles is 1. The van der Waals surface area contributed by atoms with Crippen LogP contribution in [0.4, 0.5) is 0 Å². The van der Waals surface area contributed by atoms with Crippen molar-refractivity contribution in [3.8, 4) is 11.8 Å². The van der Waals surface area contributed by atoms with Gasteiger partial charge in [0, 0.05) is 32.0 Å². The molecule has 1 N–H and O–H groups in total. The van der Waals surface area contributed by atoms with Crippen molar-refractivity contribution in [1.82, 2.24) is 15.5 Å². The lowest BCUT2D eigenvalue weighted by atomic mass is 10.1. The summed E-state index contributed by atoms with van der Waals surface area (Å²) in [6.07, 6.45) is 0.692. The number of nitrogens with one attached hydrogen (secondary N) is 1. The van der Waals surface area contributed by atoms with E-state index in [2.05, 4.69) is 21.5 Å². The Morgan fingerprint density at radius 3 is 2.95 bits per heavy atom. The minimum atomic E-state index is 0.573. The zero-order valence-electron chi connectivity index (χ0n) is 11.5. The third kappa shape index (κ3) is 3.56. The van der Waals surface area contributed by atoms with Gasteiger partial charge < -0.3 is 14.6 Å². The second kappa shape index (κ2) is 6.68. The molecule has 0 unspecified atom stereocenters. The molecule has 2 aromatic rings. The van der Waals surface area contributed by atoms with Crippen molar-refractivity contribution in [2.45, 2.75) is 19.9 Å². The number of aromatic nitrogens is 2. The average Bonchev–Trinajstić information content (AvgIpc) is 2.89. The molecular weight excluding hydrogens is 256 g/mol. The van der Waals surface area contributed by atoms with E-state index in [4.69, 9.17) is 14.5 Å². The highest BCUT2D eigenvalue weighted by Gasteiger charge is 2.05. The maximum absolute atomic E-state index is 8.91. The Morgan fingerprint density at radius 2 is 2.30 bits per heavy atom. The van der Waals surface area contributed by atoms with Crippen LogP contribution in [0.3, 0.4) is 0 Å². The molecular formula is C14H16N4O2. The molecule has 0 saturated heterocycles. The lowest BCUT2D eigenvalue weighted by Gasteiger charge is -2.09. The van der Waals surface area contributed by atoms with Crippen LogP contribution in [0.1, 0.15) is 22.8 Å². The molecule has 6 heteroatoms. The molecule has 0 bridgehead atoms. The Bertz CT molecular complexity index is 616. The maximum atomic E-state index is 8.91. The number of hydrogen-bond donors (Lipinski definition) is 1. The standard InChI is InChI=1S/C14H16N4O2/c1-10-17-14(18-20-10)5-6-16-9-12-7-11(8-15)3-4-13(12)19-2/h3-4,7,16H,5-6,9H2,1-2H3. The number of hydrogen-bond acceptors (Lipinski definition) is 6. The predicted octanol–water partition coefficient (Wildman–Crippen LogP) is 1.59. The van der Waals surface area contributed by atoms with E-state index < -0.39 is 0 Å². The first kappa shape index (κ1) is 14.0. The molecule has 0 aliphatic heterocycles.